The number of sulfone groups is 2. The Hall–Kier alpha value is -2.19. The number of rotatable bonds is 5. The van der Waals surface area contributed by atoms with E-state index < -0.39 is 24.9 Å². The van der Waals surface area contributed by atoms with Gasteiger partial charge in [0.25, 0.3) is 5.91 Å². The third kappa shape index (κ3) is 4.39. The first-order chi connectivity index (χ1) is 12.7. The zero-order chi connectivity index (χ0) is 19.7. The van der Waals surface area contributed by atoms with Crippen molar-refractivity contribution < 1.29 is 21.6 Å². The van der Waals surface area contributed by atoms with Crippen molar-refractivity contribution in [3.05, 3.63) is 65.7 Å². The van der Waals surface area contributed by atoms with Crippen molar-refractivity contribution in [1.82, 2.24) is 4.90 Å². The summed E-state index contributed by atoms with van der Waals surface area (Å²) in [5.74, 6) is -0.772. The lowest BCUT2D eigenvalue weighted by Crippen LogP contribution is -2.27. The van der Waals surface area contributed by atoms with E-state index in [1.807, 2.05) is 30.3 Å². The van der Waals surface area contributed by atoms with Crippen molar-refractivity contribution in [2.75, 3.05) is 18.6 Å². The number of nitrogens with zero attached hydrogens (tertiary/aromatic N) is 1. The van der Waals surface area contributed by atoms with Gasteiger partial charge in [0.15, 0.2) is 19.7 Å². The van der Waals surface area contributed by atoms with Gasteiger partial charge in [-0.1, -0.05) is 36.4 Å². The van der Waals surface area contributed by atoms with E-state index in [0.29, 0.717) is 6.54 Å². The monoisotopic (exact) mass is 407 g/mol. The largest absolute Gasteiger partial charge is 0.337 e. The molecule has 1 heterocycles. The Morgan fingerprint density at radius 3 is 2.44 bits per heavy atom. The maximum atomic E-state index is 12.8. The molecule has 0 aromatic heterocycles. The fraction of sp³-hybridized carbons (Fsp3) is 0.316. The van der Waals surface area contributed by atoms with Crippen LogP contribution in [-0.2, 0) is 26.2 Å². The summed E-state index contributed by atoms with van der Waals surface area (Å²) in [6.07, 6.45) is 0.0940. The smallest absolute Gasteiger partial charge is 0.253 e. The van der Waals surface area contributed by atoms with Gasteiger partial charge in [-0.05, 0) is 30.2 Å². The van der Waals surface area contributed by atoms with Gasteiger partial charge in [0.2, 0.25) is 0 Å². The van der Waals surface area contributed by atoms with E-state index in [1.54, 1.807) is 13.1 Å². The summed E-state index contributed by atoms with van der Waals surface area (Å²) in [6, 6.07) is 15.3. The second kappa shape index (κ2) is 7.44. The van der Waals surface area contributed by atoms with Gasteiger partial charge in [-0.3, -0.25) is 4.79 Å². The first-order valence-corrected chi connectivity index (χ1v) is 11.9. The fourth-order valence-electron chi connectivity index (χ4n) is 3.15. The number of hydrogen-bond acceptors (Lipinski definition) is 5. The van der Waals surface area contributed by atoms with E-state index in [2.05, 4.69) is 0 Å². The molecule has 1 aliphatic rings. The second-order valence-corrected chi connectivity index (χ2v) is 11.2. The van der Waals surface area contributed by atoms with Crippen LogP contribution in [0.2, 0.25) is 0 Å². The number of benzene rings is 2. The van der Waals surface area contributed by atoms with Crippen molar-refractivity contribution in [3.8, 4) is 0 Å². The van der Waals surface area contributed by atoms with Gasteiger partial charge in [-0.25, -0.2) is 16.8 Å². The Balaban J connectivity index is 1.81. The van der Waals surface area contributed by atoms with Crippen molar-refractivity contribution in [1.29, 1.82) is 0 Å². The number of amides is 1. The normalized spacial score (nSPS) is 18.9. The molecule has 8 heteroatoms. The van der Waals surface area contributed by atoms with Gasteiger partial charge >= 0.3 is 0 Å². The maximum Gasteiger partial charge on any atom is 0.253 e. The molecule has 3 rings (SSSR count). The quantitative estimate of drug-likeness (QED) is 0.756. The van der Waals surface area contributed by atoms with Crippen LogP contribution in [0, 0.1) is 0 Å². The Morgan fingerprint density at radius 1 is 1.11 bits per heavy atom. The molecule has 2 aromatic carbocycles. The number of carbonyl (C=O) groups is 1. The van der Waals surface area contributed by atoms with E-state index in [-0.39, 0.29) is 34.3 Å². The molecule has 6 nitrogen and oxygen atoms in total. The van der Waals surface area contributed by atoms with Crippen LogP contribution in [0.3, 0.4) is 0 Å². The minimum Gasteiger partial charge on any atom is -0.337 e. The van der Waals surface area contributed by atoms with E-state index in [4.69, 9.17) is 0 Å². The van der Waals surface area contributed by atoms with Crippen molar-refractivity contribution in [2.24, 2.45) is 0 Å². The predicted octanol–water partition coefficient (Wildman–Crippen LogP) is 1.92. The van der Waals surface area contributed by atoms with Crippen LogP contribution in [0.15, 0.2) is 59.5 Å². The Kier molecular flexibility index (Phi) is 5.39. The standard InChI is InChI=1S/C19H21NO5S2/c1-20(13-15-6-3-2-4-7-15)19(21)16-8-5-9-17(12-16)27(24,25)18-10-11-26(22,23)14-18/h2-9,12,18H,10-11,13-14H2,1H3. The first kappa shape index (κ1) is 19.6. The fourth-order valence-corrected chi connectivity index (χ4v) is 7.56. The van der Waals surface area contributed by atoms with Crippen molar-refractivity contribution in [2.45, 2.75) is 23.1 Å². The van der Waals surface area contributed by atoms with Crippen molar-refractivity contribution in [3.63, 3.8) is 0 Å². The molecular weight excluding hydrogens is 386 g/mol. The van der Waals surface area contributed by atoms with Crippen LogP contribution in [-0.4, -0.2) is 51.4 Å². The molecule has 0 aliphatic carbocycles. The van der Waals surface area contributed by atoms with Gasteiger partial charge in [0, 0.05) is 19.2 Å². The number of carbonyl (C=O) groups excluding carboxylic acids is 1. The molecule has 0 N–H and O–H groups in total. The lowest BCUT2D eigenvalue weighted by Gasteiger charge is -2.18. The lowest BCUT2D eigenvalue weighted by molar-refractivity contribution is 0.0785. The number of hydrogen-bond donors (Lipinski definition) is 0. The van der Waals surface area contributed by atoms with Crippen LogP contribution >= 0.6 is 0 Å². The van der Waals surface area contributed by atoms with Crippen LogP contribution in [0.5, 0.6) is 0 Å². The summed E-state index contributed by atoms with van der Waals surface area (Å²) < 4.78 is 48.8. The molecule has 1 amide bonds. The Bertz CT molecular complexity index is 1050. The molecular formula is C19H21NO5S2. The van der Waals surface area contributed by atoms with Crippen LogP contribution in [0.25, 0.3) is 0 Å². The molecule has 0 saturated carbocycles. The van der Waals surface area contributed by atoms with E-state index in [1.165, 1.54) is 23.1 Å². The second-order valence-electron chi connectivity index (χ2n) is 6.74. The highest BCUT2D eigenvalue weighted by Gasteiger charge is 2.38. The Morgan fingerprint density at radius 2 is 1.81 bits per heavy atom. The van der Waals surface area contributed by atoms with Gasteiger partial charge in [-0.15, -0.1) is 0 Å². The average molecular weight is 408 g/mol. The molecule has 144 valence electrons. The molecule has 2 aromatic rings. The van der Waals surface area contributed by atoms with Gasteiger partial charge in [0.1, 0.15) is 0 Å². The third-order valence-electron chi connectivity index (χ3n) is 4.65. The summed E-state index contributed by atoms with van der Waals surface area (Å²) >= 11 is 0. The van der Waals surface area contributed by atoms with E-state index >= 15 is 0 Å². The molecule has 0 spiro atoms. The molecule has 27 heavy (non-hydrogen) atoms. The lowest BCUT2D eigenvalue weighted by atomic mass is 10.1. The minimum atomic E-state index is -3.80. The van der Waals surface area contributed by atoms with Crippen molar-refractivity contribution >= 4 is 25.6 Å². The van der Waals surface area contributed by atoms with Gasteiger partial charge in [-0.2, -0.15) is 0 Å². The molecule has 1 fully saturated rings. The highest BCUT2D eigenvalue weighted by molar-refractivity contribution is 7.96. The van der Waals surface area contributed by atoms with Crippen LogP contribution in [0.4, 0.5) is 0 Å². The molecule has 1 atom stereocenters. The molecule has 1 saturated heterocycles. The molecule has 0 bridgehead atoms. The zero-order valence-electron chi connectivity index (χ0n) is 14.9. The highest BCUT2D eigenvalue weighted by Crippen LogP contribution is 2.26. The van der Waals surface area contributed by atoms with Crippen LogP contribution in [0.1, 0.15) is 22.3 Å². The zero-order valence-corrected chi connectivity index (χ0v) is 16.5. The molecule has 1 aliphatic heterocycles. The first-order valence-electron chi connectivity index (χ1n) is 8.53. The summed E-state index contributed by atoms with van der Waals surface area (Å²) in [5.41, 5.74) is 1.23. The Labute approximate surface area is 159 Å². The van der Waals surface area contributed by atoms with E-state index in [9.17, 15) is 21.6 Å². The van der Waals surface area contributed by atoms with Gasteiger partial charge < -0.3 is 4.90 Å². The van der Waals surface area contributed by atoms with E-state index in [0.717, 1.165) is 5.56 Å². The van der Waals surface area contributed by atoms with Gasteiger partial charge in [0.05, 0.1) is 21.7 Å². The highest BCUT2D eigenvalue weighted by atomic mass is 32.2. The summed E-state index contributed by atoms with van der Waals surface area (Å²) in [5, 5.41) is -0.949. The molecule has 1 unspecified atom stereocenters. The summed E-state index contributed by atoms with van der Waals surface area (Å²) in [4.78, 5) is 14.2. The SMILES string of the molecule is CN(Cc1ccccc1)C(=O)c1cccc(S(=O)(=O)C2CCS(=O)(=O)C2)c1. The molecule has 0 radical (unpaired) electrons. The third-order valence-corrected chi connectivity index (χ3v) is 8.82. The summed E-state index contributed by atoms with van der Waals surface area (Å²) in [7, 11) is -5.46. The topological polar surface area (TPSA) is 88.6 Å². The predicted molar refractivity (Wildman–Crippen MR) is 103 cm³/mol. The summed E-state index contributed by atoms with van der Waals surface area (Å²) in [6.45, 7) is 0.400. The minimum absolute atomic E-state index is 0.0106. The van der Waals surface area contributed by atoms with Crippen LogP contribution < -0.4 is 0 Å². The maximum absolute atomic E-state index is 12.8. The average Bonchev–Trinajstić information content (AvgIpc) is 3.02.